The van der Waals surface area contributed by atoms with Gasteiger partial charge in [0.15, 0.2) is 16.7 Å². The molecule has 3 aliphatic rings. The van der Waals surface area contributed by atoms with Gasteiger partial charge in [0.1, 0.15) is 0 Å². The summed E-state index contributed by atoms with van der Waals surface area (Å²) < 4.78 is 21.2. The number of amides is 1. The summed E-state index contributed by atoms with van der Waals surface area (Å²) in [6.07, 6.45) is 1.29. The lowest BCUT2D eigenvalue weighted by Crippen LogP contribution is -2.42. The molecule has 4 rings (SSSR count). The summed E-state index contributed by atoms with van der Waals surface area (Å²) >= 11 is 1.41. The van der Waals surface area contributed by atoms with E-state index < -0.39 is 12.0 Å². The number of amidine groups is 1. The number of likely N-dealkylation sites (tertiary alicyclic amines) is 1. The first-order valence-corrected chi connectivity index (χ1v) is 13.4. The number of nitrogens with zero attached hydrogens (tertiary/aromatic N) is 3. The van der Waals surface area contributed by atoms with Crippen molar-refractivity contribution in [1.29, 1.82) is 0 Å². The molecule has 1 aromatic carbocycles. The lowest BCUT2D eigenvalue weighted by molar-refractivity contribution is -0.151. The van der Waals surface area contributed by atoms with Crippen molar-refractivity contribution in [3.8, 4) is 11.5 Å². The summed E-state index contributed by atoms with van der Waals surface area (Å²) in [6.45, 7) is 4.91. The molecule has 3 heterocycles. The number of rotatable bonds is 8. The zero-order valence-electron chi connectivity index (χ0n) is 22.3. The van der Waals surface area contributed by atoms with Gasteiger partial charge in [-0.2, -0.15) is 0 Å². The van der Waals surface area contributed by atoms with Crippen molar-refractivity contribution >= 4 is 34.8 Å². The van der Waals surface area contributed by atoms with Gasteiger partial charge in [-0.05, 0) is 49.8 Å². The Morgan fingerprint density at radius 2 is 1.79 bits per heavy atom. The van der Waals surface area contributed by atoms with Crippen LogP contribution in [0.1, 0.15) is 44.7 Å². The Labute approximate surface area is 226 Å². The van der Waals surface area contributed by atoms with Crippen LogP contribution in [-0.2, 0) is 23.9 Å². The number of carbonyl (C=O) groups is 3. The van der Waals surface area contributed by atoms with Gasteiger partial charge in [-0.25, -0.2) is 9.79 Å². The van der Waals surface area contributed by atoms with E-state index in [9.17, 15) is 14.4 Å². The molecule has 0 radical (unpaired) electrons. The van der Waals surface area contributed by atoms with E-state index in [1.165, 1.54) is 18.9 Å². The number of thioether (sulfide) groups is 1. The molecule has 1 fully saturated rings. The summed E-state index contributed by atoms with van der Waals surface area (Å²) in [5.74, 6) is 0.180. The topological polar surface area (TPSA) is 107 Å². The van der Waals surface area contributed by atoms with Crippen LogP contribution >= 0.6 is 11.8 Å². The molecule has 11 heteroatoms. The van der Waals surface area contributed by atoms with Gasteiger partial charge in [-0.1, -0.05) is 17.8 Å². The zero-order valence-corrected chi connectivity index (χ0v) is 23.1. The van der Waals surface area contributed by atoms with Crippen LogP contribution < -0.4 is 9.47 Å². The largest absolute Gasteiger partial charge is 0.493 e. The van der Waals surface area contributed by atoms with Gasteiger partial charge in [0.2, 0.25) is 5.91 Å². The van der Waals surface area contributed by atoms with Gasteiger partial charge in [-0.3, -0.25) is 9.59 Å². The first-order chi connectivity index (χ1) is 18.3. The fourth-order valence-corrected chi connectivity index (χ4v) is 5.93. The second-order valence-corrected chi connectivity index (χ2v) is 9.92. The Morgan fingerprint density at radius 1 is 1.08 bits per heavy atom. The number of methoxy groups -OCH3 is 3. The SMILES string of the molecule is CCOC(=O)C1CCN(C(=O)CC2=CSC3=NC(C)=C(C(=O)OC)C(c4ccc(OC)c(OC)c4)N23)CC1. The van der Waals surface area contributed by atoms with Crippen LogP contribution in [0, 0.1) is 5.92 Å². The van der Waals surface area contributed by atoms with E-state index in [4.69, 9.17) is 18.9 Å². The van der Waals surface area contributed by atoms with Crippen molar-refractivity contribution < 1.29 is 33.3 Å². The molecule has 204 valence electrons. The highest BCUT2D eigenvalue weighted by Gasteiger charge is 2.42. The lowest BCUT2D eigenvalue weighted by Gasteiger charge is -2.37. The molecule has 1 unspecified atom stereocenters. The molecule has 0 aliphatic carbocycles. The molecule has 0 N–H and O–H groups in total. The van der Waals surface area contributed by atoms with Crippen LogP contribution in [0.25, 0.3) is 0 Å². The van der Waals surface area contributed by atoms with Crippen LogP contribution in [0.15, 0.2) is 45.6 Å². The minimum absolute atomic E-state index is 0.0441. The molecule has 38 heavy (non-hydrogen) atoms. The first kappa shape index (κ1) is 27.6. The average Bonchev–Trinajstić information content (AvgIpc) is 3.33. The second-order valence-electron chi connectivity index (χ2n) is 9.08. The van der Waals surface area contributed by atoms with E-state index in [0.717, 1.165) is 11.3 Å². The summed E-state index contributed by atoms with van der Waals surface area (Å²) in [4.78, 5) is 46.8. The Kier molecular flexibility index (Phi) is 8.65. The molecular formula is C27H33N3O7S. The van der Waals surface area contributed by atoms with Gasteiger partial charge in [0.25, 0.3) is 0 Å². The van der Waals surface area contributed by atoms with Crippen LogP contribution in [0.3, 0.4) is 0 Å². The maximum Gasteiger partial charge on any atom is 0.338 e. The highest BCUT2D eigenvalue weighted by molar-refractivity contribution is 8.16. The number of carbonyl (C=O) groups excluding carboxylic acids is 3. The van der Waals surface area contributed by atoms with Gasteiger partial charge in [-0.15, -0.1) is 0 Å². The Hall–Kier alpha value is -3.47. The minimum Gasteiger partial charge on any atom is -0.493 e. The maximum absolute atomic E-state index is 13.3. The number of allylic oxidation sites excluding steroid dienone is 1. The smallest absolute Gasteiger partial charge is 0.338 e. The van der Waals surface area contributed by atoms with Crippen molar-refractivity contribution in [2.75, 3.05) is 41.0 Å². The van der Waals surface area contributed by atoms with E-state index in [1.54, 1.807) is 39.0 Å². The van der Waals surface area contributed by atoms with E-state index in [2.05, 4.69) is 4.99 Å². The predicted octanol–water partition coefficient (Wildman–Crippen LogP) is 3.64. The van der Waals surface area contributed by atoms with Gasteiger partial charge in [0.05, 0.1) is 57.6 Å². The molecule has 0 saturated carbocycles. The number of aliphatic imine (C=N–C) groups is 1. The fraction of sp³-hybridized carbons (Fsp3) is 0.481. The van der Waals surface area contributed by atoms with E-state index in [1.807, 2.05) is 22.4 Å². The van der Waals surface area contributed by atoms with Gasteiger partial charge in [0, 0.05) is 18.8 Å². The normalized spacial score (nSPS) is 19.4. The number of ether oxygens (including phenoxy) is 4. The molecule has 1 amide bonds. The van der Waals surface area contributed by atoms with Gasteiger partial charge < -0.3 is 28.7 Å². The number of benzene rings is 1. The number of esters is 2. The molecule has 0 bridgehead atoms. The third-order valence-corrected chi connectivity index (χ3v) is 7.82. The third kappa shape index (κ3) is 5.38. The molecule has 3 aliphatic heterocycles. The standard InChI is InChI=1S/C27H33N3O7S/c1-6-37-25(32)17-9-11-29(12-10-17)22(31)14-19-15-38-27-28-16(2)23(26(33)36-5)24(30(19)27)18-7-8-20(34-3)21(13-18)35-4/h7-8,13,15,17,24H,6,9-12,14H2,1-5H3. The Morgan fingerprint density at radius 3 is 2.42 bits per heavy atom. The second kappa shape index (κ2) is 11.9. The summed E-state index contributed by atoms with van der Waals surface area (Å²) in [7, 11) is 4.46. The van der Waals surface area contributed by atoms with Crippen molar-refractivity contribution in [2.24, 2.45) is 10.9 Å². The number of piperidine rings is 1. The molecule has 1 saturated heterocycles. The predicted molar refractivity (Wildman–Crippen MR) is 143 cm³/mol. The number of hydrogen-bond donors (Lipinski definition) is 0. The van der Waals surface area contributed by atoms with Crippen molar-refractivity contribution in [3.63, 3.8) is 0 Å². The van der Waals surface area contributed by atoms with Crippen LogP contribution in [0.5, 0.6) is 11.5 Å². The monoisotopic (exact) mass is 543 g/mol. The molecular weight excluding hydrogens is 510 g/mol. The molecule has 1 atom stereocenters. The third-order valence-electron chi connectivity index (χ3n) is 6.93. The van der Waals surface area contributed by atoms with Crippen molar-refractivity contribution in [1.82, 2.24) is 9.80 Å². The summed E-state index contributed by atoms with van der Waals surface area (Å²) in [6, 6.07) is 4.91. The first-order valence-electron chi connectivity index (χ1n) is 12.5. The Balaban J connectivity index is 1.59. The van der Waals surface area contributed by atoms with E-state index in [-0.39, 0.29) is 24.2 Å². The molecule has 0 spiro atoms. The minimum atomic E-state index is -0.571. The van der Waals surface area contributed by atoms with Crippen LogP contribution in [0.4, 0.5) is 0 Å². The van der Waals surface area contributed by atoms with E-state index >= 15 is 0 Å². The molecule has 0 aromatic heterocycles. The quantitative estimate of drug-likeness (QED) is 0.454. The average molecular weight is 544 g/mol. The fourth-order valence-electron chi connectivity index (χ4n) is 4.97. The summed E-state index contributed by atoms with van der Waals surface area (Å²) in [5, 5.41) is 2.59. The highest BCUT2D eigenvalue weighted by atomic mass is 32.2. The van der Waals surface area contributed by atoms with Crippen molar-refractivity contribution in [3.05, 3.63) is 46.1 Å². The van der Waals surface area contributed by atoms with Crippen LogP contribution in [-0.4, -0.2) is 73.8 Å². The number of fused-ring (bicyclic) bond motifs is 1. The zero-order chi connectivity index (χ0) is 27.4. The van der Waals surface area contributed by atoms with Crippen molar-refractivity contribution in [2.45, 2.75) is 39.2 Å². The lowest BCUT2D eigenvalue weighted by atomic mass is 9.93. The molecule has 10 nitrogen and oxygen atoms in total. The summed E-state index contributed by atoms with van der Waals surface area (Å²) in [5.41, 5.74) is 2.45. The van der Waals surface area contributed by atoms with Gasteiger partial charge >= 0.3 is 11.9 Å². The highest BCUT2D eigenvalue weighted by Crippen LogP contribution is 2.46. The maximum atomic E-state index is 13.3. The molecule has 1 aromatic rings. The number of hydrogen-bond acceptors (Lipinski definition) is 10. The van der Waals surface area contributed by atoms with Crippen LogP contribution in [0.2, 0.25) is 0 Å². The van der Waals surface area contributed by atoms with E-state index in [0.29, 0.717) is 60.5 Å². The Bertz CT molecular complexity index is 1200.